The molecule has 10 heteroatoms. The number of nitrogens with zero attached hydrogens (tertiary/aromatic N) is 6. The van der Waals surface area contributed by atoms with E-state index in [0.717, 1.165) is 6.42 Å². The summed E-state index contributed by atoms with van der Waals surface area (Å²) in [6.45, 7) is 2.35. The summed E-state index contributed by atoms with van der Waals surface area (Å²) >= 11 is 0. The van der Waals surface area contributed by atoms with Crippen LogP contribution in [0.4, 0.5) is 11.9 Å². The Morgan fingerprint density at radius 1 is 1.35 bits per heavy atom. The zero-order valence-corrected chi connectivity index (χ0v) is 11.1. The standard InChI is InChI=1S/C10H17N9O/c1-2-3-7(20)4-13-8-15-9(18-11)17-10(16-8)19-6-12-5-14-19/h5-7,20H,2-4,11H2,1H3,(H2,13,15,16,17,18). The lowest BCUT2D eigenvalue weighted by Crippen LogP contribution is -2.22. The number of anilines is 2. The first-order valence-corrected chi connectivity index (χ1v) is 6.22. The minimum atomic E-state index is -0.458. The Balaban J connectivity index is 2.14. The van der Waals surface area contributed by atoms with Crippen LogP contribution in [-0.2, 0) is 0 Å². The number of nitrogen functional groups attached to an aromatic ring is 1. The largest absolute Gasteiger partial charge is 0.391 e. The van der Waals surface area contributed by atoms with Crippen molar-refractivity contribution >= 4 is 11.9 Å². The molecule has 2 heterocycles. The van der Waals surface area contributed by atoms with Crippen LogP contribution in [0.1, 0.15) is 19.8 Å². The first-order valence-electron chi connectivity index (χ1n) is 6.22. The third-order valence-electron chi connectivity index (χ3n) is 2.49. The van der Waals surface area contributed by atoms with Gasteiger partial charge in [0.25, 0.3) is 5.95 Å². The number of hydrogen-bond acceptors (Lipinski definition) is 9. The average molecular weight is 279 g/mol. The predicted octanol–water partition coefficient (Wildman–Crippen LogP) is -0.689. The highest BCUT2D eigenvalue weighted by Gasteiger charge is 2.09. The quantitative estimate of drug-likeness (QED) is 0.383. The SMILES string of the molecule is CCCC(O)CNc1nc(NN)nc(-n2cncn2)n1. The second kappa shape index (κ2) is 6.73. The molecule has 0 radical (unpaired) electrons. The zero-order chi connectivity index (χ0) is 14.4. The number of aliphatic hydroxyl groups excluding tert-OH is 1. The number of hydrogen-bond donors (Lipinski definition) is 4. The highest BCUT2D eigenvalue weighted by Crippen LogP contribution is 2.08. The molecule has 0 aromatic carbocycles. The molecule has 0 fully saturated rings. The number of aromatic nitrogens is 6. The zero-order valence-electron chi connectivity index (χ0n) is 11.1. The van der Waals surface area contributed by atoms with Gasteiger partial charge < -0.3 is 10.4 Å². The van der Waals surface area contributed by atoms with Gasteiger partial charge in [-0.3, -0.25) is 5.43 Å². The van der Waals surface area contributed by atoms with Gasteiger partial charge in [0.05, 0.1) is 6.10 Å². The summed E-state index contributed by atoms with van der Waals surface area (Å²) in [5.74, 6) is 6.09. The van der Waals surface area contributed by atoms with E-state index in [1.54, 1.807) is 0 Å². The number of nitrogens with two attached hydrogens (primary N) is 1. The van der Waals surface area contributed by atoms with E-state index in [1.165, 1.54) is 17.3 Å². The smallest absolute Gasteiger partial charge is 0.258 e. The van der Waals surface area contributed by atoms with E-state index in [4.69, 9.17) is 5.84 Å². The molecule has 0 spiro atoms. The van der Waals surface area contributed by atoms with Crippen molar-refractivity contribution in [1.82, 2.24) is 29.7 Å². The number of rotatable bonds is 7. The normalized spacial score (nSPS) is 12.2. The van der Waals surface area contributed by atoms with Gasteiger partial charge in [0.15, 0.2) is 0 Å². The molecule has 0 aliphatic heterocycles. The lowest BCUT2D eigenvalue weighted by atomic mass is 10.2. The molecule has 2 rings (SSSR count). The van der Waals surface area contributed by atoms with Crippen molar-refractivity contribution in [1.29, 1.82) is 0 Å². The highest BCUT2D eigenvalue weighted by molar-refractivity contribution is 5.36. The van der Waals surface area contributed by atoms with E-state index in [-0.39, 0.29) is 11.9 Å². The topological polar surface area (TPSA) is 140 Å². The average Bonchev–Trinajstić information content (AvgIpc) is 2.99. The molecule has 5 N–H and O–H groups in total. The van der Waals surface area contributed by atoms with Crippen molar-refractivity contribution in [2.45, 2.75) is 25.9 Å². The van der Waals surface area contributed by atoms with E-state index in [9.17, 15) is 5.11 Å². The van der Waals surface area contributed by atoms with E-state index < -0.39 is 6.10 Å². The highest BCUT2D eigenvalue weighted by atomic mass is 16.3. The maximum atomic E-state index is 9.69. The van der Waals surface area contributed by atoms with Crippen molar-refractivity contribution in [2.75, 3.05) is 17.3 Å². The Hall–Kier alpha value is -2.33. The summed E-state index contributed by atoms with van der Waals surface area (Å²) in [6, 6.07) is 0. The van der Waals surface area contributed by atoms with E-state index >= 15 is 0 Å². The maximum absolute atomic E-state index is 9.69. The molecule has 20 heavy (non-hydrogen) atoms. The van der Waals surface area contributed by atoms with Gasteiger partial charge in [0.2, 0.25) is 11.9 Å². The Morgan fingerprint density at radius 3 is 2.80 bits per heavy atom. The lowest BCUT2D eigenvalue weighted by molar-refractivity contribution is 0.176. The van der Waals surface area contributed by atoms with Gasteiger partial charge >= 0.3 is 0 Å². The summed E-state index contributed by atoms with van der Waals surface area (Å²) in [4.78, 5) is 16.1. The van der Waals surface area contributed by atoms with Gasteiger partial charge in [-0.25, -0.2) is 10.8 Å². The van der Waals surface area contributed by atoms with Crippen LogP contribution in [0.25, 0.3) is 5.95 Å². The van der Waals surface area contributed by atoms with Gasteiger partial charge in [-0.2, -0.15) is 24.7 Å². The summed E-state index contributed by atoms with van der Waals surface area (Å²) in [6.07, 6.45) is 3.99. The molecule has 10 nitrogen and oxygen atoms in total. The van der Waals surface area contributed by atoms with E-state index in [0.29, 0.717) is 18.9 Å². The third kappa shape index (κ3) is 3.59. The van der Waals surface area contributed by atoms with Crippen molar-refractivity contribution < 1.29 is 5.11 Å². The number of hydrazine groups is 1. The molecule has 0 aliphatic rings. The molecule has 108 valence electrons. The summed E-state index contributed by atoms with van der Waals surface area (Å²) in [5, 5.41) is 16.6. The Morgan fingerprint density at radius 2 is 2.15 bits per heavy atom. The second-order valence-corrected chi connectivity index (χ2v) is 4.09. The molecule has 0 amide bonds. The van der Waals surface area contributed by atoms with Crippen LogP contribution in [0.15, 0.2) is 12.7 Å². The minimum Gasteiger partial charge on any atom is -0.391 e. The molecule has 1 atom stereocenters. The Bertz CT molecular complexity index is 530. The van der Waals surface area contributed by atoms with Gasteiger partial charge in [-0.1, -0.05) is 13.3 Å². The van der Waals surface area contributed by atoms with Crippen molar-refractivity contribution in [2.24, 2.45) is 5.84 Å². The number of nitrogens with one attached hydrogen (secondary N) is 2. The van der Waals surface area contributed by atoms with Gasteiger partial charge in [-0.15, -0.1) is 0 Å². The fourth-order valence-corrected chi connectivity index (χ4v) is 1.57. The number of aliphatic hydroxyl groups is 1. The molecule has 2 aromatic heterocycles. The summed E-state index contributed by atoms with van der Waals surface area (Å²) < 4.78 is 1.39. The van der Waals surface area contributed by atoms with Crippen molar-refractivity contribution in [3.8, 4) is 5.95 Å². The maximum Gasteiger partial charge on any atom is 0.258 e. The van der Waals surface area contributed by atoms with Crippen LogP contribution in [0.5, 0.6) is 0 Å². The Labute approximate surface area is 115 Å². The van der Waals surface area contributed by atoms with Crippen LogP contribution < -0.4 is 16.6 Å². The fourth-order valence-electron chi connectivity index (χ4n) is 1.57. The monoisotopic (exact) mass is 279 g/mol. The van der Waals surface area contributed by atoms with E-state index in [2.05, 4.69) is 35.8 Å². The van der Waals surface area contributed by atoms with Gasteiger partial charge in [0.1, 0.15) is 12.7 Å². The predicted molar refractivity (Wildman–Crippen MR) is 72.0 cm³/mol. The molecular weight excluding hydrogens is 262 g/mol. The van der Waals surface area contributed by atoms with Gasteiger partial charge in [0, 0.05) is 6.54 Å². The summed E-state index contributed by atoms with van der Waals surface area (Å²) in [5.41, 5.74) is 2.36. The molecule has 0 saturated heterocycles. The van der Waals surface area contributed by atoms with E-state index in [1.807, 2.05) is 6.92 Å². The van der Waals surface area contributed by atoms with Gasteiger partial charge in [-0.05, 0) is 6.42 Å². The minimum absolute atomic E-state index is 0.193. The van der Waals surface area contributed by atoms with Crippen LogP contribution in [-0.4, -0.2) is 47.5 Å². The molecule has 2 aromatic rings. The molecule has 1 unspecified atom stereocenters. The van der Waals surface area contributed by atoms with Crippen LogP contribution >= 0.6 is 0 Å². The van der Waals surface area contributed by atoms with Crippen LogP contribution in [0.2, 0.25) is 0 Å². The van der Waals surface area contributed by atoms with Crippen LogP contribution in [0, 0.1) is 0 Å². The van der Waals surface area contributed by atoms with Crippen LogP contribution in [0.3, 0.4) is 0 Å². The summed E-state index contributed by atoms with van der Waals surface area (Å²) in [7, 11) is 0. The lowest BCUT2D eigenvalue weighted by Gasteiger charge is -2.11. The Kier molecular flexibility index (Phi) is 4.74. The molecular formula is C10H17N9O. The molecule has 0 bridgehead atoms. The fraction of sp³-hybridized carbons (Fsp3) is 0.500. The molecule has 0 saturated carbocycles. The second-order valence-electron chi connectivity index (χ2n) is 4.09. The van der Waals surface area contributed by atoms with Crippen molar-refractivity contribution in [3.63, 3.8) is 0 Å². The first-order chi connectivity index (χ1) is 9.72. The molecule has 0 aliphatic carbocycles. The third-order valence-corrected chi connectivity index (χ3v) is 2.49. The first kappa shape index (κ1) is 14.1. The van der Waals surface area contributed by atoms with Crippen molar-refractivity contribution in [3.05, 3.63) is 12.7 Å².